The molecule has 25 heavy (non-hydrogen) atoms. The van der Waals surface area contributed by atoms with Crippen LogP contribution in [0.25, 0.3) is 6.08 Å². The van der Waals surface area contributed by atoms with Gasteiger partial charge in [0.2, 0.25) is 5.91 Å². The molecule has 1 atom stereocenters. The average Bonchev–Trinajstić information content (AvgIpc) is 2.67. The van der Waals surface area contributed by atoms with Crippen molar-refractivity contribution in [2.75, 3.05) is 27.0 Å². The van der Waals surface area contributed by atoms with Gasteiger partial charge in [-0.2, -0.15) is 11.8 Å². The minimum Gasteiger partial charge on any atom is -0.493 e. The highest BCUT2D eigenvalue weighted by Gasteiger charge is 2.14. The largest absolute Gasteiger partial charge is 0.493 e. The van der Waals surface area contributed by atoms with Gasteiger partial charge < -0.3 is 14.8 Å². The number of nitrogens with zero attached hydrogens (tertiary/aromatic N) is 1. The zero-order valence-corrected chi connectivity index (χ0v) is 15.4. The van der Waals surface area contributed by atoms with Crippen molar-refractivity contribution in [1.29, 1.82) is 0 Å². The molecule has 0 fully saturated rings. The lowest BCUT2D eigenvalue weighted by Crippen LogP contribution is -2.25. The first-order valence-electron chi connectivity index (χ1n) is 7.78. The number of rotatable bonds is 8. The van der Waals surface area contributed by atoms with Crippen molar-refractivity contribution < 1.29 is 14.3 Å². The smallest absolute Gasteiger partial charge is 0.244 e. The first-order chi connectivity index (χ1) is 12.2. The van der Waals surface area contributed by atoms with E-state index >= 15 is 0 Å². The summed E-state index contributed by atoms with van der Waals surface area (Å²) in [6, 6.07) is 9.53. The van der Waals surface area contributed by atoms with E-state index in [1.807, 2.05) is 36.6 Å². The summed E-state index contributed by atoms with van der Waals surface area (Å²) in [5.41, 5.74) is 1.96. The molecule has 2 rings (SSSR count). The van der Waals surface area contributed by atoms with Gasteiger partial charge in [0.15, 0.2) is 11.5 Å². The molecule has 132 valence electrons. The number of carbonyl (C=O) groups is 1. The van der Waals surface area contributed by atoms with Crippen LogP contribution >= 0.6 is 11.8 Å². The Balaban J connectivity index is 1.98. The molecule has 0 aliphatic carbocycles. The number of hydrogen-bond acceptors (Lipinski definition) is 5. The summed E-state index contributed by atoms with van der Waals surface area (Å²) < 4.78 is 10.6. The highest BCUT2D eigenvalue weighted by atomic mass is 32.2. The molecule has 1 unspecified atom stereocenters. The first-order valence-corrected chi connectivity index (χ1v) is 9.07. The molecule has 6 heteroatoms. The van der Waals surface area contributed by atoms with Gasteiger partial charge in [0.25, 0.3) is 0 Å². The maximum atomic E-state index is 12.0. The molecule has 1 aromatic carbocycles. The fraction of sp³-hybridized carbons (Fsp3) is 0.263. The molecule has 1 amide bonds. The van der Waals surface area contributed by atoms with Crippen LogP contribution in [0.4, 0.5) is 0 Å². The molecule has 0 aliphatic heterocycles. The molecule has 0 aliphatic rings. The number of aromatic nitrogens is 1. The summed E-state index contributed by atoms with van der Waals surface area (Å²) in [5, 5.41) is 3.05. The Labute approximate surface area is 152 Å². The van der Waals surface area contributed by atoms with Crippen molar-refractivity contribution in [3.8, 4) is 11.5 Å². The number of carbonyl (C=O) groups excluding carboxylic acids is 1. The van der Waals surface area contributed by atoms with Crippen molar-refractivity contribution >= 4 is 23.7 Å². The van der Waals surface area contributed by atoms with E-state index in [1.165, 1.54) is 6.08 Å². The van der Waals surface area contributed by atoms with E-state index < -0.39 is 0 Å². The van der Waals surface area contributed by atoms with E-state index in [1.54, 1.807) is 44.5 Å². The Morgan fingerprint density at radius 1 is 1.28 bits per heavy atom. The molecule has 2 aromatic rings. The van der Waals surface area contributed by atoms with Gasteiger partial charge in [-0.15, -0.1) is 0 Å². The zero-order chi connectivity index (χ0) is 18.1. The summed E-state index contributed by atoms with van der Waals surface area (Å²) in [6.45, 7) is 0.521. The van der Waals surface area contributed by atoms with Crippen LogP contribution in [0.2, 0.25) is 0 Å². The van der Waals surface area contributed by atoms with Crippen molar-refractivity contribution in [2.45, 2.75) is 5.25 Å². The van der Waals surface area contributed by atoms with Crippen LogP contribution in [0.15, 0.2) is 48.8 Å². The van der Waals surface area contributed by atoms with E-state index in [-0.39, 0.29) is 11.2 Å². The normalized spacial score (nSPS) is 12.0. The fourth-order valence-corrected chi connectivity index (χ4v) is 2.96. The lowest BCUT2D eigenvalue weighted by atomic mass is 10.1. The minimum atomic E-state index is -0.136. The number of benzene rings is 1. The third-order valence-corrected chi connectivity index (χ3v) is 4.65. The highest BCUT2D eigenvalue weighted by Crippen LogP contribution is 2.34. The lowest BCUT2D eigenvalue weighted by Gasteiger charge is -2.17. The summed E-state index contributed by atoms with van der Waals surface area (Å²) in [6.07, 6.45) is 8.68. The first kappa shape index (κ1) is 18.9. The number of pyridine rings is 1. The summed E-state index contributed by atoms with van der Waals surface area (Å²) >= 11 is 1.67. The van der Waals surface area contributed by atoms with Crippen LogP contribution in [-0.2, 0) is 4.79 Å². The van der Waals surface area contributed by atoms with Crippen LogP contribution in [0, 0.1) is 0 Å². The van der Waals surface area contributed by atoms with E-state index in [9.17, 15) is 4.79 Å². The van der Waals surface area contributed by atoms with E-state index in [2.05, 4.69) is 10.3 Å². The summed E-state index contributed by atoms with van der Waals surface area (Å²) in [5.74, 6) is 1.24. The molecule has 5 nitrogen and oxygen atoms in total. The second kappa shape index (κ2) is 9.74. The lowest BCUT2D eigenvalue weighted by molar-refractivity contribution is -0.116. The van der Waals surface area contributed by atoms with Gasteiger partial charge in [-0.3, -0.25) is 9.78 Å². The number of methoxy groups -OCH3 is 2. The minimum absolute atomic E-state index is 0.121. The third-order valence-electron chi connectivity index (χ3n) is 3.64. The summed E-state index contributed by atoms with van der Waals surface area (Å²) in [4.78, 5) is 16.0. The molecular formula is C19H22N2O3S. The van der Waals surface area contributed by atoms with Crippen molar-refractivity contribution in [3.63, 3.8) is 0 Å². The zero-order valence-electron chi connectivity index (χ0n) is 14.6. The Bertz CT molecular complexity index is 720. The molecular weight excluding hydrogens is 336 g/mol. The maximum absolute atomic E-state index is 12.0. The predicted octanol–water partition coefficient (Wildman–Crippen LogP) is 3.33. The Hall–Kier alpha value is -2.47. The fourth-order valence-electron chi connectivity index (χ4n) is 2.29. The van der Waals surface area contributed by atoms with Gasteiger partial charge in [-0.25, -0.2) is 0 Å². The van der Waals surface area contributed by atoms with Crippen LogP contribution in [0.1, 0.15) is 16.4 Å². The molecule has 1 aromatic heterocycles. The molecule has 1 heterocycles. The van der Waals surface area contributed by atoms with Gasteiger partial charge in [0, 0.05) is 30.3 Å². The van der Waals surface area contributed by atoms with Gasteiger partial charge in [0.1, 0.15) is 0 Å². The third kappa shape index (κ3) is 5.53. The maximum Gasteiger partial charge on any atom is 0.244 e. The van der Waals surface area contributed by atoms with Crippen LogP contribution in [0.5, 0.6) is 11.5 Å². The molecule has 0 radical (unpaired) electrons. The van der Waals surface area contributed by atoms with Crippen LogP contribution < -0.4 is 14.8 Å². The van der Waals surface area contributed by atoms with Gasteiger partial charge in [-0.1, -0.05) is 12.1 Å². The number of amides is 1. The number of nitrogens with one attached hydrogen (secondary N) is 1. The van der Waals surface area contributed by atoms with Crippen LogP contribution in [0.3, 0.4) is 0 Å². The molecule has 0 saturated heterocycles. The predicted molar refractivity (Wildman–Crippen MR) is 102 cm³/mol. The molecule has 0 bridgehead atoms. The standard InChI is InChI=1S/C19H22N2O3S/c1-23-16-8-7-15(11-17(16)24-2)18(25-3)13-21-19(22)9-6-14-5-4-10-20-12-14/h4-12,18H,13H2,1-3H3,(H,21,22). The van der Waals surface area contributed by atoms with Crippen molar-refractivity contribution in [3.05, 3.63) is 59.9 Å². The van der Waals surface area contributed by atoms with Crippen molar-refractivity contribution in [2.24, 2.45) is 0 Å². The topological polar surface area (TPSA) is 60.5 Å². The van der Waals surface area contributed by atoms with Crippen LogP contribution in [-0.4, -0.2) is 37.9 Å². The SMILES string of the molecule is COc1ccc(C(CNC(=O)C=Cc2cccnc2)SC)cc1OC. The number of ether oxygens (including phenoxy) is 2. The quantitative estimate of drug-likeness (QED) is 0.734. The Morgan fingerprint density at radius 3 is 2.72 bits per heavy atom. The molecule has 0 spiro atoms. The van der Waals surface area contributed by atoms with Gasteiger partial charge >= 0.3 is 0 Å². The molecule has 1 N–H and O–H groups in total. The summed E-state index contributed by atoms with van der Waals surface area (Å²) in [7, 11) is 3.22. The monoisotopic (exact) mass is 358 g/mol. The van der Waals surface area contributed by atoms with Gasteiger partial charge in [-0.05, 0) is 41.7 Å². The second-order valence-electron chi connectivity index (χ2n) is 5.20. The Morgan fingerprint density at radius 2 is 2.08 bits per heavy atom. The highest BCUT2D eigenvalue weighted by molar-refractivity contribution is 7.98. The average molecular weight is 358 g/mol. The number of thioether (sulfide) groups is 1. The number of hydrogen-bond donors (Lipinski definition) is 1. The second-order valence-corrected chi connectivity index (χ2v) is 6.24. The van der Waals surface area contributed by atoms with E-state index in [0.717, 1.165) is 11.1 Å². The van der Waals surface area contributed by atoms with Gasteiger partial charge in [0.05, 0.1) is 14.2 Å². The van der Waals surface area contributed by atoms with E-state index in [0.29, 0.717) is 18.0 Å². The van der Waals surface area contributed by atoms with Crippen molar-refractivity contribution in [1.82, 2.24) is 10.3 Å². The molecule has 0 saturated carbocycles. The van der Waals surface area contributed by atoms with E-state index in [4.69, 9.17) is 9.47 Å². The Kier molecular flexibility index (Phi) is 7.35.